The number of carbonyl (C=O) groups is 1. The van der Waals surface area contributed by atoms with Crippen molar-refractivity contribution in [2.45, 2.75) is 64.0 Å². The molecule has 0 atom stereocenters. The number of hydrogen-bond acceptors (Lipinski definition) is 3. The molecule has 0 bridgehead atoms. The molecule has 4 nitrogen and oxygen atoms in total. The summed E-state index contributed by atoms with van der Waals surface area (Å²) < 4.78 is 0. The van der Waals surface area contributed by atoms with Gasteiger partial charge in [0, 0.05) is 24.5 Å². The van der Waals surface area contributed by atoms with Crippen molar-refractivity contribution < 1.29 is 9.90 Å². The van der Waals surface area contributed by atoms with Crippen LogP contribution in [-0.4, -0.2) is 40.6 Å². The standard InChI is InChI=1S/C13H26N2O2/c1-13(2,14)10-12(17)15(8-9-16)11-6-4-3-5-7-11/h11,16H,3-10,14H2,1-2H3. The predicted octanol–water partition coefficient (Wildman–Crippen LogP) is 1.27. The average molecular weight is 242 g/mol. The van der Waals surface area contributed by atoms with Crippen LogP contribution in [0.25, 0.3) is 0 Å². The third-order valence-corrected chi connectivity index (χ3v) is 3.28. The van der Waals surface area contributed by atoms with Gasteiger partial charge in [0.25, 0.3) is 0 Å². The van der Waals surface area contributed by atoms with Gasteiger partial charge in [-0.05, 0) is 26.7 Å². The lowest BCUT2D eigenvalue weighted by atomic mass is 9.93. The summed E-state index contributed by atoms with van der Waals surface area (Å²) in [4.78, 5) is 14.0. The summed E-state index contributed by atoms with van der Waals surface area (Å²) in [7, 11) is 0. The number of aliphatic hydroxyl groups is 1. The normalized spacial score (nSPS) is 18.1. The van der Waals surface area contributed by atoms with E-state index < -0.39 is 5.54 Å². The Bertz CT molecular complexity index is 242. The van der Waals surface area contributed by atoms with Crippen molar-refractivity contribution in [2.75, 3.05) is 13.2 Å². The van der Waals surface area contributed by atoms with Crippen molar-refractivity contribution in [1.82, 2.24) is 4.90 Å². The number of hydrogen-bond donors (Lipinski definition) is 2. The summed E-state index contributed by atoms with van der Waals surface area (Å²) in [5.74, 6) is 0.0819. The molecule has 1 aliphatic carbocycles. The fourth-order valence-electron chi connectivity index (χ4n) is 2.50. The number of nitrogens with zero attached hydrogens (tertiary/aromatic N) is 1. The highest BCUT2D eigenvalue weighted by Gasteiger charge is 2.27. The Labute approximate surface area is 104 Å². The minimum absolute atomic E-state index is 0.0350. The van der Waals surface area contributed by atoms with E-state index in [9.17, 15) is 4.79 Å². The van der Waals surface area contributed by atoms with Gasteiger partial charge in [-0.2, -0.15) is 0 Å². The number of rotatable bonds is 5. The molecule has 0 aromatic heterocycles. The Morgan fingerprint density at radius 3 is 2.41 bits per heavy atom. The SMILES string of the molecule is CC(C)(N)CC(=O)N(CCO)C1CCCCC1. The van der Waals surface area contributed by atoms with E-state index in [1.54, 1.807) is 0 Å². The monoisotopic (exact) mass is 242 g/mol. The first kappa shape index (κ1) is 14.5. The molecular formula is C13H26N2O2. The van der Waals surface area contributed by atoms with Crippen LogP contribution in [0, 0.1) is 0 Å². The smallest absolute Gasteiger partial charge is 0.224 e. The van der Waals surface area contributed by atoms with Gasteiger partial charge in [0.1, 0.15) is 0 Å². The third-order valence-electron chi connectivity index (χ3n) is 3.28. The van der Waals surface area contributed by atoms with Gasteiger partial charge in [0.15, 0.2) is 0 Å². The Morgan fingerprint density at radius 1 is 1.35 bits per heavy atom. The minimum Gasteiger partial charge on any atom is -0.395 e. The Balaban J connectivity index is 2.60. The Hall–Kier alpha value is -0.610. The lowest BCUT2D eigenvalue weighted by Crippen LogP contribution is -2.47. The minimum atomic E-state index is -0.473. The summed E-state index contributed by atoms with van der Waals surface area (Å²) in [6.07, 6.45) is 6.12. The maximum atomic E-state index is 12.2. The van der Waals surface area contributed by atoms with E-state index in [-0.39, 0.29) is 12.5 Å². The van der Waals surface area contributed by atoms with E-state index in [1.807, 2.05) is 18.7 Å². The van der Waals surface area contributed by atoms with Crippen LogP contribution in [0.4, 0.5) is 0 Å². The summed E-state index contributed by atoms with van der Waals surface area (Å²) >= 11 is 0. The first-order chi connectivity index (χ1) is 7.94. The van der Waals surface area contributed by atoms with E-state index in [1.165, 1.54) is 19.3 Å². The summed E-state index contributed by atoms with van der Waals surface area (Å²) in [5, 5.41) is 9.09. The zero-order valence-electron chi connectivity index (χ0n) is 11.1. The number of amides is 1. The summed E-state index contributed by atoms with van der Waals surface area (Å²) in [6, 6.07) is 0.311. The van der Waals surface area contributed by atoms with Crippen LogP contribution in [0.5, 0.6) is 0 Å². The molecule has 0 saturated heterocycles. The molecule has 1 rings (SSSR count). The van der Waals surface area contributed by atoms with Crippen LogP contribution < -0.4 is 5.73 Å². The second-order valence-corrected chi connectivity index (χ2v) is 5.77. The van der Waals surface area contributed by atoms with Crippen LogP contribution in [0.3, 0.4) is 0 Å². The van der Waals surface area contributed by atoms with Gasteiger partial charge in [0.2, 0.25) is 5.91 Å². The van der Waals surface area contributed by atoms with E-state index in [0.717, 1.165) is 12.8 Å². The molecule has 17 heavy (non-hydrogen) atoms. The molecular weight excluding hydrogens is 216 g/mol. The van der Waals surface area contributed by atoms with Crippen molar-refractivity contribution in [3.63, 3.8) is 0 Å². The molecule has 0 spiro atoms. The number of nitrogens with two attached hydrogens (primary N) is 1. The topological polar surface area (TPSA) is 66.6 Å². The first-order valence-corrected chi connectivity index (χ1v) is 6.63. The van der Waals surface area contributed by atoms with E-state index >= 15 is 0 Å². The lowest BCUT2D eigenvalue weighted by molar-refractivity contribution is -0.135. The summed E-state index contributed by atoms with van der Waals surface area (Å²) in [6.45, 7) is 4.21. The van der Waals surface area contributed by atoms with Gasteiger partial charge in [-0.3, -0.25) is 4.79 Å². The van der Waals surface area contributed by atoms with Crippen molar-refractivity contribution in [2.24, 2.45) is 5.73 Å². The van der Waals surface area contributed by atoms with E-state index in [2.05, 4.69) is 0 Å². The second-order valence-electron chi connectivity index (χ2n) is 5.77. The van der Waals surface area contributed by atoms with Gasteiger partial charge in [-0.1, -0.05) is 19.3 Å². The van der Waals surface area contributed by atoms with Crippen molar-refractivity contribution in [1.29, 1.82) is 0 Å². The van der Waals surface area contributed by atoms with E-state index in [0.29, 0.717) is 19.0 Å². The third kappa shape index (κ3) is 5.04. The molecule has 1 saturated carbocycles. The zero-order valence-corrected chi connectivity index (χ0v) is 11.1. The molecule has 0 aliphatic heterocycles. The zero-order chi connectivity index (χ0) is 12.9. The Morgan fingerprint density at radius 2 is 1.94 bits per heavy atom. The fraction of sp³-hybridized carbons (Fsp3) is 0.923. The molecule has 0 aromatic carbocycles. The molecule has 0 radical (unpaired) electrons. The number of carbonyl (C=O) groups excluding carboxylic acids is 1. The highest BCUT2D eigenvalue weighted by Crippen LogP contribution is 2.23. The van der Waals surface area contributed by atoms with Crippen LogP contribution in [0.15, 0.2) is 0 Å². The summed E-state index contributed by atoms with van der Waals surface area (Å²) in [5.41, 5.74) is 5.42. The highest BCUT2D eigenvalue weighted by atomic mass is 16.3. The van der Waals surface area contributed by atoms with Gasteiger partial charge >= 0.3 is 0 Å². The molecule has 1 aliphatic rings. The second kappa shape index (κ2) is 6.36. The van der Waals surface area contributed by atoms with Crippen molar-refractivity contribution >= 4 is 5.91 Å². The molecule has 0 unspecified atom stereocenters. The lowest BCUT2D eigenvalue weighted by Gasteiger charge is -2.35. The van der Waals surface area contributed by atoms with Crippen LogP contribution in [0.2, 0.25) is 0 Å². The predicted molar refractivity (Wildman–Crippen MR) is 68.6 cm³/mol. The highest BCUT2D eigenvalue weighted by molar-refractivity contribution is 5.77. The van der Waals surface area contributed by atoms with E-state index in [4.69, 9.17) is 10.8 Å². The Kier molecular flexibility index (Phi) is 5.40. The molecule has 0 heterocycles. The van der Waals surface area contributed by atoms with Crippen molar-refractivity contribution in [3.05, 3.63) is 0 Å². The molecule has 0 aromatic rings. The van der Waals surface area contributed by atoms with Gasteiger partial charge < -0.3 is 15.7 Å². The molecule has 3 N–H and O–H groups in total. The number of aliphatic hydroxyl groups excluding tert-OH is 1. The van der Waals surface area contributed by atoms with Gasteiger partial charge in [-0.15, -0.1) is 0 Å². The van der Waals surface area contributed by atoms with Crippen LogP contribution >= 0.6 is 0 Å². The maximum Gasteiger partial charge on any atom is 0.224 e. The molecule has 100 valence electrons. The largest absolute Gasteiger partial charge is 0.395 e. The van der Waals surface area contributed by atoms with Crippen LogP contribution in [-0.2, 0) is 4.79 Å². The van der Waals surface area contributed by atoms with Gasteiger partial charge in [0.05, 0.1) is 6.61 Å². The van der Waals surface area contributed by atoms with Gasteiger partial charge in [-0.25, -0.2) is 0 Å². The fourth-order valence-corrected chi connectivity index (χ4v) is 2.50. The maximum absolute atomic E-state index is 12.2. The first-order valence-electron chi connectivity index (χ1n) is 6.63. The molecule has 1 amide bonds. The molecule has 4 heteroatoms. The average Bonchev–Trinajstić information content (AvgIpc) is 2.24. The molecule has 1 fully saturated rings. The quantitative estimate of drug-likeness (QED) is 0.763. The van der Waals surface area contributed by atoms with Crippen LogP contribution in [0.1, 0.15) is 52.4 Å². The van der Waals surface area contributed by atoms with Crippen molar-refractivity contribution in [3.8, 4) is 0 Å².